The van der Waals surface area contributed by atoms with Crippen molar-refractivity contribution in [1.82, 2.24) is 25.1 Å². The highest BCUT2D eigenvalue weighted by molar-refractivity contribution is 5.96. The summed E-state index contributed by atoms with van der Waals surface area (Å²) < 4.78 is 1.77. The zero-order valence-corrected chi connectivity index (χ0v) is 14.3. The summed E-state index contributed by atoms with van der Waals surface area (Å²) in [6.45, 7) is 1.55. The molecular formula is C19H20N6O. The first-order valence-corrected chi connectivity index (χ1v) is 8.68. The monoisotopic (exact) mass is 348 g/mol. The average molecular weight is 348 g/mol. The fourth-order valence-electron chi connectivity index (χ4n) is 3.30. The van der Waals surface area contributed by atoms with Crippen LogP contribution >= 0.6 is 0 Å². The van der Waals surface area contributed by atoms with Gasteiger partial charge in [-0.05, 0) is 32.0 Å². The Morgan fingerprint density at radius 2 is 1.81 bits per heavy atom. The van der Waals surface area contributed by atoms with Crippen LogP contribution in [0.2, 0.25) is 0 Å². The molecule has 1 amide bonds. The Hall–Kier alpha value is -3.06. The van der Waals surface area contributed by atoms with E-state index in [1.165, 1.54) is 0 Å². The van der Waals surface area contributed by atoms with E-state index in [0.717, 1.165) is 18.7 Å². The minimum Gasteiger partial charge on any atom is -0.321 e. The molecule has 7 heteroatoms. The largest absolute Gasteiger partial charge is 0.321 e. The van der Waals surface area contributed by atoms with Crippen LogP contribution in [0.15, 0.2) is 61.2 Å². The van der Waals surface area contributed by atoms with E-state index in [0.29, 0.717) is 24.4 Å². The number of hydrogen-bond acceptors (Lipinski definition) is 5. The first kappa shape index (κ1) is 16.4. The lowest BCUT2D eigenvalue weighted by Gasteiger charge is -2.36. The molecule has 2 N–H and O–H groups in total. The van der Waals surface area contributed by atoms with E-state index in [9.17, 15) is 4.79 Å². The molecule has 1 aliphatic rings. The third-order valence-corrected chi connectivity index (χ3v) is 4.74. The number of aromatic nitrogens is 4. The van der Waals surface area contributed by atoms with Gasteiger partial charge in [0.15, 0.2) is 5.82 Å². The zero-order valence-electron chi connectivity index (χ0n) is 14.3. The number of anilines is 1. The van der Waals surface area contributed by atoms with E-state index in [2.05, 4.69) is 25.7 Å². The van der Waals surface area contributed by atoms with Crippen molar-refractivity contribution in [2.45, 2.75) is 18.4 Å². The van der Waals surface area contributed by atoms with Crippen LogP contribution in [0.3, 0.4) is 0 Å². The molecule has 1 aromatic carbocycles. The van der Waals surface area contributed by atoms with Gasteiger partial charge in [0, 0.05) is 18.0 Å². The molecule has 0 bridgehead atoms. The second kappa shape index (κ2) is 7.05. The van der Waals surface area contributed by atoms with Gasteiger partial charge in [-0.15, -0.1) is 0 Å². The summed E-state index contributed by atoms with van der Waals surface area (Å²) in [7, 11) is 0. The molecule has 1 fully saturated rings. The standard InChI is InChI=1S/C19H20N6O/c26-18(19(7-10-20-11-8-19)25-12-4-9-23-25)24-16-13-21-17(22-14-16)15-5-2-1-3-6-15/h1-6,9,12-14,20H,7-8,10-11H2,(H,24,26). The smallest absolute Gasteiger partial charge is 0.252 e. The topological polar surface area (TPSA) is 84.7 Å². The molecule has 132 valence electrons. The van der Waals surface area contributed by atoms with E-state index >= 15 is 0 Å². The zero-order chi connectivity index (χ0) is 17.8. The maximum absolute atomic E-state index is 13.1. The van der Waals surface area contributed by atoms with Gasteiger partial charge < -0.3 is 10.6 Å². The van der Waals surface area contributed by atoms with Gasteiger partial charge in [-0.3, -0.25) is 9.48 Å². The van der Waals surface area contributed by atoms with Crippen molar-refractivity contribution in [1.29, 1.82) is 0 Å². The van der Waals surface area contributed by atoms with Crippen LogP contribution in [0.5, 0.6) is 0 Å². The quantitative estimate of drug-likeness (QED) is 0.754. The molecular weight excluding hydrogens is 328 g/mol. The molecule has 0 saturated carbocycles. The van der Waals surface area contributed by atoms with Gasteiger partial charge in [-0.25, -0.2) is 9.97 Å². The van der Waals surface area contributed by atoms with Crippen molar-refractivity contribution < 1.29 is 4.79 Å². The Balaban J connectivity index is 1.55. The summed E-state index contributed by atoms with van der Waals surface area (Å²) in [5, 5.41) is 10.6. The Bertz CT molecular complexity index is 855. The molecule has 0 atom stereocenters. The average Bonchev–Trinajstić information content (AvgIpc) is 3.25. The summed E-state index contributed by atoms with van der Waals surface area (Å²) >= 11 is 0. The third-order valence-electron chi connectivity index (χ3n) is 4.74. The Morgan fingerprint density at radius 3 is 2.46 bits per heavy atom. The van der Waals surface area contributed by atoms with E-state index in [1.54, 1.807) is 23.3 Å². The summed E-state index contributed by atoms with van der Waals surface area (Å²) in [6.07, 6.45) is 8.21. The first-order chi connectivity index (χ1) is 12.8. The first-order valence-electron chi connectivity index (χ1n) is 8.68. The second-order valence-electron chi connectivity index (χ2n) is 6.35. The van der Waals surface area contributed by atoms with Crippen LogP contribution in [0.1, 0.15) is 12.8 Å². The number of carbonyl (C=O) groups excluding carboxylic acids is 1. The molecule has 0 unspecified atom stereocenters. The molecule has 7 nitrogen and oxygen atoms in total. The highest BCUT2D eigenvalue weighted by atomic mass is 16.2. The molecule has 0 radical (unpaired) electrons. The van der Waals surface area contributed by atoms with Gasteiger partial charge >= 0.3 is 0 Å². The molecule has 0 aliphatic carbocycles. The van der Waals surface area contributed by atoms with Gasteiger partial charge in [0.2, 0.25) is 0 Å². The number of nitrogens with zero attached hydrogens (tertiary/aromatic N) is 4. The molecule has 0 spiro atoms. The predicted molar refractivity (Wildman–Crippen MR) is 98.4 cm³/mol. The lowest BCUT2D eigenvalue weighted by Crippen LogP contribution is -2.52. The SMILES string of the molecule is O=C(Nc1cnc(-c2ccccc2)nc1)C1(n2cccn2)CCNCC1. The summed E-state index contributed by atoms with van der Waals surface area (Å²) in [4.78, 5) is 21.8. The maximum atomic E-state index is 13.1. The van der Waals surface area contributed by atoms with Crippen LogP contribution < -0.4 is 10.6 Å². The predicted octanol–water partition coefficient (Wildman–Crippen LogP) is 2.06. The Morgan fingerprint density at radius 1 is 1.08 bits per heavy atom. The number of piperidine rings is 1. The molecule has 26 heavy (non-hydrogen) atoms. The van der Waals surface area contributed by atoms with Crippen LogP contribution in [0.4, 0.5) is 5.69 Å². The number of rotatable bonds is 4. The van der Waals surface area contributed by atoms with Crippen LogP contribution in [0.25, 0.3) is 11.4 Å². The summed E-state index contributed by atoms with van der Waals surface area (Å²) in [6, 6.07) is 11.6. The Kier molecular flexibility index (Phi) is 4.45. The van der Waals surface area contributed by atoms with Gasteiger partial charge in [-0.2, -0.15) is 5.10 Å². The Labute approximate surface area is 151 Å². The number of amides is 1. The van der Waals surface area contributed by atoms with Crippen LogP contribution in [-0.2, 0) is 10.3 Å². The number of nitrogens with one attached hydrogen (secondary N) is 2. The molecule has 3 aromatic rings. The van der Waals surface area contributed by atoms with E-state index in [-0.39, 0.29) is 5.91 Å². The minimum atomic E-state index is -0.688. The highest BCUT2D eigenvalue weighted by Crippen LogP contribution is 2.28. The lowest BCUT2D eigenvalue weighted by molar-refractivity contribution is -0.126. The van der Waals surface area contributed by atoms with Gasteiger partial charge in [0.25, 0.3) is 5.91 Å². The van der Waals surface area contributed by atoms with Gasteiger partial charge in [0.1, 0.15) is 5.54 Å². The van der Waals surface area contributed by atoms with E-state index in [1.807, 2.05) is 42.6 Å². The van der Waals surface area contributed by atoms with Gasteiger partial charge in [0.05, 0.1) is 18.1 Å². The number of hydrogen-bond donors (Lipinski definition) is 2. The normalized spacial score (nSPS) is 16.2. The molecule has 1 saturated heterocycles. The maximum Gasteiger partial charge on any atom is 0.252 e. The summed E-state index contributed by atoms with van der Waals surface area (Å²) in [5.74, 6) is 0.547. The molecule has 1 aliphatic heterocycles. The van der Waals surface area contributed by atoms with Gasteiger partial charge in [-0.1, -0.05) is 30.3 Å². The fourth-order valence-corrected chi connectivity index (χ4v) is 3.30. The number of carbonyl (C=O) groups is 1. The third kappa shape index (κ3) is 3.09. The lowest BCUT2D eigenvalue weighted by atomic mass is 9.87. The van der Waals surface area contributed by atoms with Crippen molar-refractivity contribution in [3.05, 3.63) is 61.2 Å². The highest BCUT2D eigenvalue weighted by Gasteiger charge is 2.42. The van der Waals surface area contributed by atoms with Crippen molar-refractivity contribution in [3.63, 3.8) is 0 Å². The van der Waals surface area contributed by atoms with Crippen molar-refractivity contribution in [2.75, 3.05) is 18.4 Å². The van der Waals surface area contributed by atoms with E-state index in [4.69, 9.17) is 0 Å². The van der Waals surface area contributed by atoms with Crippen LogP contribution in [-0.4, -0.2) is 38.7 Å². The fraction of sp³-hybridized carbons (Fsp3) is 0.263. The van der Waals surface area contributed by atoms with Crippen molar-refractivity contribution in [2.24, 2.45) is 0 Å². The molecule has 3 heterocycles. The second-order valence-corrected chi connectivity index (χ2v) is 6.35. The molecule has 2 aromatic heterocycles. The van der Waals surface area contributed by atoms with Crippen LogP contribution in [0, 0.1) is 0 Å². The number of benzene rings is 1. The van der Waals surface area contributed by atoms with Crippen molar-refractivity contribution >= 4 is 11.6 Å². The van der Waals surface area contributed by atoms with Crippen molar-refractivity contribution in [3.8, 4) is 11.4 Å². The van der Waals surface area contributed by atoms with E-state index < -0.39 is 5.54 Å². The minimum absolute atomic E-state index is 0.0845. The molecule has 4 rings (SSSR count). The summed E-state index contributed by atoms with van der Waals surface area (Å²) in [5.41, 5.74) is 0.837.